The molecule has 0 bridgehead atoms. The lowest BCUT2D eigenvalue weighted by Gasteiger charge is -2.41. The number of rotatable bonds is 9. The summed E-state index contributed by atoms with van der Waals surface area (Å²) in [5.74, 6) is -0.112. The predicted molar refractivity (Wildman–Crippen MR) is 180 cm³/mol. The van der Waals surface area contributed by atoms with Crippen LogP contribution in [0.1, 0.15) is 45.7 Å². The number of benzene rings is 3. The van der Waals surface area contributed by atoms with E-state index >= 15 is 0 Å². The first kappa shape index (κ1) is 32.1. The topological polar surface area (TPSA) is 56.5 Å². The van der Waals surface area contributed by atoms with Gasteiger partial charge in [-0.2, -0.15) is 0 Å². The normalized spacial score (nSPS) is 15.1. The standard InChI is InChI=1S/C36H46FN3O3Si/c1-25(2)21-39-33-17-14-28(27-12-15-30(37)16-13-27)20-32(33)34(41)40(35(39)42)24-31(43-44(6,7)36(3,4)5)23-38-19-18-26-10-8-9-11-29(26)22-38/h8-17,20,25,31H,18-19,21-24H2,1-7H3/t31-/m1/s1. The van der Waals surface area contributed by atoms with Crippen LogP contribution in [-0.4, -0.2) is 41.5 Å². The van der Waals surface area contributed by atoms with Crippen LogP contribution < -0.4 is 11.2 Å². The summed E-state index contributed by atoms with van der Waals surface area (Å²) in [4.78, 5) is 30.7. The van der Waals surface area contributed by atoms with Crippen LogP contribution >= 0.6 is 0 Å². The molecule has 2 heterocycles. The molecule has 1 aromatic heterocycles. The molecule has 0 unspecified atom stereocenters. The molecule has 0 spiro atoms. The van der Waals surface area contributed by atoms with E-state index in [4.69, 9.17) is 4.43 Å². The Balaban J connectivity index is 1.58. The van der Waals surface area contributed by atoms with Crippen molar-refractivity contribution in [2.24, 2.45) is 5.92 Å². The smallest absolute Gasteiger partial charge is 0.331 e. The SMILES string of the molecule is CC(C)Cn1c(=O)n(C[C@@H](CN2CCc3ccccc3C2)O[Si](C)(C)C(C)(C)C)c(=O)c2cc(-c3ccc(F)cc3)ccc21. The number of halogens is 1. The number of hydrogen-bond acceptors (Lipinski definition) is 4. The van der Waals surface area contributed by atoms with E-state index in [-0.39, 0.29) is 40.7 Å². The van der Waals surface area contributed by atoms with Crippen LogP contribution in [-0.2, 0) is 30.5 Å². The average Bonchev–Trinajstić information content (AvgIpc) is 2.96. The Bertz CT molecular complexity index is 1750. The summed E-state index contributed by atoms with van der Waals surface area (Å²) in [7, 11) is -2.25. The second-order valence-electron chi connectivity index (χ2n) is 14.2. The fourth-order valence-electron chi connectivity index (χ4n) is 5.88. The second-order valence-corrected chi connectivity index (χ2v) is 19.0. The molecule has 0 amide bonds. The third kappa shape index (κ3) is 6.82. The van der Waals surface area contributed by atoms with Crippen LogP contribution in [0, 0.1) is 11.7 Å². The summed E-state index contributed by atoms with van der Waals surface area (Å²) in [6.45, 7) is 18.2. The monoisotopic (exact) mass is 615 g/mol. The minimum atomic E-state index is -2.25. The highest BCUT2D eigenvalue weighted by Gasteiger charge is 2.40. The molecule has 0 saturated heterocycles. The van der Waals surface area contributed by atoms with Gasteiger partial charge in [0.15, 0.2) is 8.32 Å². The summed E-state index contributed by atoms with van der Waals surface area (Å²) < 4.78 is 23.8. The summed E-state index contributed by atoms with van der Waals surface area (Å²) in [5, 5.41) is 0.445. The molecule has 1 atom stereocenters. The first-order valence-corrected chi connectivity index (χ1v) is 18.6. The molecule has 1 aliphatic heterocycles. The molecule has 234 valence electrons. The second kappa shape index (κ2) is 12.6. The lowest BCUT2D eigenvalue weighted by atomic mass is 10.00. The molecule has 0 N–H and O–H groups in total. The molecular weight excluding hydrogens is 569 g/mol. The maximum atomic E-state index is 14.2. The van der Waals surface area contributed by atoms with Crippen molar-refractivity contribution in [3.8, 4) is 11.1 Å². The van der Waals surface area contributed by atoms with Gasteiger partial charge in [-0.25, -0.2) is 9.18 Å². The fraction of sp³-hybridized carbons (Fsp3) is 0.444. The summed E-state index contributed by atoms with van der Waals surface area (Å²) in [6, 6.07) is 20.4. The fourth-order valence-corrected chi connectivity index (χ4v) is 7.21. The van der Waals surface area contributed by atoms with Crippen molar-refractivity contribution >= 4 is 19.2 Å². The van der Waals surface area contributed by atoms with E-state index < -0.39 is 8.32 Å². The van der Waals surface area contributed by atoms with Gasteiger partial charge >= 0.3 is 5.69 Å². The van der Waals surface area contributed by atoms with Gasteiger partial charge in [0.25, 0.3) is 5.56 Å². The van der Waals surface area contributed by atoms with Crippen LogP contribution in [0.3, 0.4) is 0 Å². The molecule has 0 fully saturated rings. The maximum absolute atomic E-state index is 14.2. The molecule has 44 heavy (non-hydrogen) atoms. The zero-order valence-electron chi connectivity index (χ0n) is 27.2. The number of aromatic nitrogens is 2. The van der Waals surface area contributed by atoms with Gasteiger partial charge in [0.2, 0.25) is 0 Å². The summed E-state index contributed by atoms with van der Waals surface area (Å²) in [6.07, 6.45) is 0.628. The predicted octanol–water partition coefficient (Wildman–Crippen LogP) is 7.07. The Labute approximate surface area is 261 Å². The Morgan fingerprint density at radius 1 is 0.864 bits per heavy atom. The van der Waals surface area contributed by atoms with E-state index in [2.05, 4.69) is 76.9 Å². The summed E-state index contributed by atoms with van der Waals surface area (Å²) >= 11 is 0. The summed E-state index contributed by atoms with van der Waals surface area (Å²) in [5.41, 5.74) is 4.30. The first-order valence-electron chi connectivity index (χ1n) is 15.7. The Morgan fingerprint density at radius 3 is 2.18 bits per heavy atom. The third-order valence-corrected chi connectivity index (χ3v) is 13.8. The van der Waals surface area contributed by atoms with E-state index in [0.717, 1.165) is 30.6 Å². The molecule has 1 aliphatic rings. The van der Waals surface area contributed by atoms with E-state index in [1.807, 2.05) is 18.2 Å². The van der Waals surface area contributed by atoms with Gasteiger partial charge in [-0.1, -0.05) is 77.1 Å². The molecule has 5 rings (SSSR count). The van der Waals surface area contributed by atoms with Gasteiger partial charge in [0.05, 0.1) is 23.6 Å². The largest absolute Gasteiger partial charge is 0.411 e. The lowest BCUT2D eigenvalue weighted by Crippen LogP contribution is -2.51. The Kier molecular flexibility index (Phi) is 9.17. The molecule has 8 heteroatoms. The van der Waals surface area contributed by atoms with Gasteiger partial charge in [0.1, 0.15) is 5.82 Å². The van der Waals surface area contributed by atoms with Crippen molar-refractivity contribution in [3.05, 3.63) is 105 Å². The van der Waals surface area contributed by atoms with Crippen molar-refractivity contribution in [2.75, 3.05) is 13.1 Å². The molecular formula is C36H46FN3O3Si. The van der Waals surface area contributed by atoms with Crippen LogP contribution in [0.25, 0.3) is 22.0 Å². The van der Waals surface area contributed by atoms with E-state index in [1.165, 1.54) is 27.8 Å². The first-order chi connectivity index (χ1) is 20.7. The van der Waals surface area contributed by atoms with Crippen molar-refractivity contribution in [2.45, 2.75) is 84.9 Å². The number of fused-ring (bicyclic) bond motifs is 2. The van der Waals surface area contributed by atoms with Gasteiger partial charge in [0, 0.05) is 26.2 Å². The minimum absolute atomic E-state index is 0.0317. The highest BCUT2D eigenvalue weighted by Crippen LogP contribution is 2.37. The average molecular weight is 616 g/mol. The van der Waals surface area contributed by atoms with Crippen molar-refractivity contribution in [1.29, 1.82) is 0 Å². The number of nitrogens with zero attached hydrogens (tertiary/aromatic N) is 3. The maximum Gasteiger partial charge on any atom is 0.331 e. The van der Waals surface area contributed by atoms with Crippen LogP contribution in [0.15, 0.2) is 76.3 Å². The highest BCUT2D eigenvalue weighted by atomic mass is 28.4. The van der Waals surface area contributed by atoms with Gasteiger partial charge in [-0.05, 0) is 77.0 Å². The Morgan fingerprint density at radius 2 is 1.52 bits per heavy atom. The lowest BCUT2D eigenvalue weighted by molar-refractivity contribution is 0.0968. The van der Waals surface area contributed by atoms with Gasteiger partial charge < -0.3 is 4.43 Å². The number of hydrogen-bond donors (Lipinski definition) is 0. The molecule has 4 aromatic rings. The minimum Gasteiger partial charge on any atom is -0.411 e. The van der Waals surface area contributed by atoms with Crippen LogP contribution in [0.4, 0.5) is 4.39 Å². The van der Waals surface area contributed by atoms with Crippen LogP contribution in [0.5, 0.6) is 0 Å². The van der Waals surface area contributed by atoms with Gasteiger partial charge in [-0.15, -0.1) is 0 Å². The van der Waals surface area contributed by atoms with Gasteiger partial charge in [-0.3, -0.25) is 18.8 Å². The van der Waals surface area contributed by atoms with E-state index in [9.17, 15) is 14.0 Å². The highest BCUT2D eigenvalue weighted by molar-refractivity contribution is 6.74. The van der Waals surface area contributed by atoms with E-state index in [0.29, 0.717) is 24.0 Å². The molecule has 6 nitrogen and oxygen atoms in total. The molecule has 0 saturated carbocycles. The Hall–Kier alpha value is -3.33. The third-order valence-electron chi connectivity index (χ3n) is 9.28. The zero-order chi connectivity index (χ0) is 31.8. The van der Waals surface area contributed by atoms with E-state index in [1.54, 1.807) is 16.7 Å². The molecule has 0 aliphatic carbocycles. The van der Waals surface area contributed by atoms with Crippen LogP contribution in [0.2, 0.25) is 18.1 Å². The van der Waals surface area contributed by atoms with Crippen molar-refractivity contribution in [3.63, 3.8) is 0 Å². The molecule has 3 aromatic carbocycles. The molecule has 0 radical (unpaired) electrons. The zero-order valence-corrected chi connectivity index (χ0v) is 28.2. The van der Waals surface area contributed by atoms with Crippen molar-refractivity contribution in [1.82, 2.24) is 14.0 Å². The van der Waals surface area contributed by atoms with Crippen molar-refractivity contribution < 1.29 is 8.82 Å². The quantitative estimate of drug-likeness (QED) is 0.189.